The number of benzene rings is 1. The number of aryl methyl sites for hydroxylation is 1. The van der Waals surface area contributed by atoms with E-state index in [1.54, 1.807) is 26.0 Å². The first-order valence-corrected chi connectivity index (χ1v) is 4.40. The van der Waals surface area contributed by atoms with Crippen molar-refractivity contribution < 1.29 is 4.39 Å². The van der Waals surface area contributed by atoms with Gasteiger partial charge in [0.2, 0.25) is 0 Å². The van der Waals surface area contributed by atoms with Crippen molar-refractivity contribution in [2.45, 2.75) is 25.8 Å². The van der Waals surface area contributed by atoms with Gasteiger partial charge in [0.1, 0.15) is 5.82 Å². The molecule has 0 fully saturated rings. The van der Waals surface area contributed by atoms with Gasteiger partial charge in [0.05, 0.1) is 18.0 Å². The molecular formula is C11H13FN2. The molecule has 1 aromatic rings. The van der Waals surface area contributed by atoms with Crippen molar-refractivity contribution in [3.63, 3.8) is 0 Å². The second-order valence-corrected chi connectivity index (χ2v) is 3.72. The highest BCUT2D eigenvalue weighted by Crippen LogP contribution is 2.22. The zero-order valence-electron chi connectivity index (χ0n) is 8.34. The van der Waals surface area contributed by atoms with Crippen LogP contribution in [0.15, 0.2) is 18.2 Å². The molecule has 1 atom stereocenters. The molecule has 1 rings (SSSR count). The van der Waals surface area contributed by atoms with Gasteiger partial charge in [-0.2, -0.15) is 5.26 Å². The summed E-state index contributed by atoms with van der Waals surface area (Å²) in [5.74, 6) is -0.249. The molecule has 0 saturated carbocycles. The predicted molar refractivity (Wildman–Crippen MR) is 52.9 cm³/mol. The number of rotatable bonds is 2. The molecule has 0 aromatic heterocycles. The fraction of sp³-hybridized carbons (Fsp3) is 0.364. The van der Waals surface area contributed by atoms with E-state index in [1.807, 2.05) is 6.07 Å². The van der Waals surface area contributed by atoms with Crippen LogP contribution >= 0.6 is 0 Å². The lowest BCUT2D eigenvalue weighted by molar-refractivity contribution is 0.505. The molecule has 0 heterocycles. The van der Waals surface area contributed by atoms with Crippen LogP contribution in [0, 0.1) is 24.1 Å². The van der Waals surface area contributed by atoms with Gasteiger partial charge in [0, 0.05) is 0 Å². The molecule has 2 N–H and O–H groups in total. The van der Waals surface area contributed by atoms with Gasteiger partial charge in [-0.3, -0.25) is 0 Å². The second kappa shape index (κ2) is 3.77. The third-order valence-corrected chi connectivity index (χ3v) is 2.26. The molecule has 0 aliphatic heterocycles. The Morgan fingerprint density at radius 3 is 2.71 bits per heavy atom. The Morgan fingerprint density at radius 1 is 1.57 bits per heavy atom. The first kappa shape index (κ1) is 10.7. The lowest BCUT2D eigenvalue weighted by Gasteiger charge is -2.22. The van der Waals surface area contributed by atoms with Crippen LogP contribution in [-0.2, 0) is 5.54 Å². The van der Waals surface area contributed by atoms with E-state index in [2.05, 4.69) is 0 Å². The molecule has 0 saturated heterocycles. The minimum Gasteiger partial charge on any atom is -0.321 e. The number of nitrogens with zero attached hydrogens (tertiary/aromatic N) is 1. The molecule has 1 unspecified atom stereocenters. The first-order chi connectivity index (χ1) is 6.47. The highest BCUT2D eigenvalue weighted by Gasteiger charge is 2.21. The van der Waals surface area contributed by atoms with Gasteiger partial charge in [-0.1, -0.05) is 12.1 Å². The Balaban J connectivity index is 3.09. The first-order valence-electron chi connectivity index (χ1n) is 4.40. The third-order valence-electron chi connectivity index (χ3n) is 2.26. The Bertz CT molecular complexity index is 377. The summed E-state index contributed by atoms with van der Waals surface area (Å²) >= 11 is 0. The van der Waals surface area contributed by atoms with Crippen molar-refractivity contribution >= 4 is 0 Å². The van der Waals surface area contributed by atoms with Crippen molar-refractivity contribution in [3.8, 4) is 6.07 Å². The van der Waals surface area contributed by atoms with E-state index < -0.39 is 5.54 Å². The molecule has 0 spiro atoms. The van der Waals surface area contributed by atoms with Crippen LogP contribution in [0.4, 0.5) is 4.39 Å². The average molecular weight is 192 g/mol. The van der Waals surface area contributed by atoms with Crippen LogP contribution in [0.3, 0.4) is 0 Å². The minimum atomic E-state index is -0.701. The molecule has 1 aromatic carbocycles. The van der Waals surface area contributed by atoms with Crippen molar-refractivity contribution in [2.24, 2.45) is 5.73 Å². The molecule has 0 radical (unpaired) electrons. The molecular weight excluding hydrogens is 179 g/mol. The molecule has 0 bridgehead atoms. The van der Waals surface area contributed by atoms with Crippen molar-refractivity contribution in [2.75, 3.05) is 0 Å². The maximum absolute atomic E-state index is 13.0. The van der Waals surface area contributed by atoms with Crippen LogP contribution in [0.2, 0.25) is 0 Å². The SMILES string of the molecule is Cc1cc(C(C)(N)CC#N)ccc1F. The average Bonchev–Trinajstić information content (AvgIpc) is 2.09. The number of hydrogen-bond donors (Lipinski definition) is 1. The number of nitriles is 1. The van der Waals surface area contributed by atoms with E-state index >= 15 is 0 Å². The van der Waals surface area contributed by atoms with Crippen LogP contribution < -0.4 is 5.73 Å². The Kier molecular flexibility index (Phi) is 2.87. The van der Waals surface area contributed by atoms with E-state index in [9.17, 15) is 4.39 Å². The van der Waals surface area contributed by atoms with Gasteiger partial charge in [-0.25, -0.2) is 4.39 Å². The van der Waals surface area contributed by atoms with E-state index in [0.717, 1.165) is 5.56 Å². The predicted octanol–water partition coefficient (Wildman–Crippen LogP) is 2.22. The van der Waals surface area contributed by atoms with Crippen molar-refractivity contribution in [3.05, 3.63) is 35.1 Å². The molecule has 0 aliphatic rings. The normalized spacial score (nSPS) is 14.5. The topological polar surface area (TPSA) is 49.8 Å². The van der Waals surface area contributed by atoms with Gasteiger partial charge >= 0.3 is 0 Å². The van der Waals surface area contributed by atoms with Gasteiger partial charge in [0.15, 0.2) is 0 Å². The second-order valence-electron chi connectivity index (χ2n) is 3.72. The molecule has 0 aliphatic carbocycles. The lowest BCUT2D eigenvalue weighted by Crippen LogP contribution is -2.32. The van der Waals surface area contributed by atoms with Gasteiger partial charge < -0.3 is 5.73 Å². The fourth-order valence-corrected chi connectivity index (χ4v) is 1.27. The number of nitrogens with two attached hydrogens (primary N) is 1. The zero-order valence-corrected chi connectivity index (χ0v) is 8.34. The lowest BCUT2D eigenvalue weighted by atomic mass is 9.89. The summed E-state index contributed by atoms with van der Waals surface area (Å²) in [4.78, 5) is 0. The van der Waals surface area contributed by atoms with Crippen molar-refractivity contribution in [1.82, 2.24) is 0 Å². The summed E-state index contributed by atoms with van der Waals surface area (Å²) < 4.78 is 13.0. The molecule has 74 valence electrons. The highest BCUT2D eigenvalue weighted by molar-refractivity contribution is 5.29. The maximum atomic E-state index is 13.0. The molecule has 3 heteroatoms. The van der Waals surface area contributed by atoms with Gasteiger partial charge in [-0.15, -0.1) is 0 Å². The monoisotopic (exact) mass is 192 g/mol. The van der Waals surface area contributed by atoms with Crippen LogP contribution in [0.5, 0.6) is 0 Å². The zero-order chi connectivity index (χ0) is 10.8. The number of halogens is 1. The minimum absolute atomic E-state index is 0.220. The van der Waals surface area contributed by atoms with E-state index in [4.69, 9.17) is 11.0 Å². The Morgan fingerprint density at radius 2 is 2.21 bits per heavy atom. The molecule has 2 nitrogen and oxygen atoms in total. The van der Waals surface area contributed by atoms with Crippen LogP contribution in [-0.4, -0.2) is 0 Å². The smallest absolute Gasteiger partial charge is 0.126 e. The summed E-state index contributed by atoms with van der Waals surface area (Å²) in [6.07, 6.45) is 0.220. The standard InChI is InChI=1S/C11H13FN2/c1-8-7-9(3-4-10(8)12)11(2,14)5-6-13/h3-4,7H,5,14H2,1-2H3. The Hall–Kier alpha value is -1.40. The molecule has 0 amide bonds. The van der Waals surface area contributed by atoms with E-state index in [0.29, 0.717) is 5.56 Å². The summed E-state index contributed by atoms with van der Waals surface area (Å²) in [5, 5.41) is 8.58. The summed E-state index contributed by atoms with van der Waals surface area (Å²) in [7, 11) is 0. The van der Waals surface area contributed by atoms with Gasteiger partial charge in [-0.05, 0) is 31.0 Å². The quantitative estimate of drug-likeness (QED) is 0.781. The summed E-state index contributed by atoms with van der Waals surface area (Å²) in [6, 6.07) is 6.72. The van der Waals surface area contributed by atoms with E-state index in [-0.39, 0.29) is 12.2 Å². The summed E-state index contributed by atoms with van der Waals surface area (Å²) in [5.41, 5.74) is 6.56. The Labute approximate surface area is 83.2 Å². The largest absolute Gasteiger partial charge is 0.321 e. The van der Waals surface area contributed by atoms with Gasteiger partial charge in [0.25, 0.3) is 0 Å². The molecule has 14 heavy (non-hydrogen) atoms. The number of hydrogen-bond acceptors (Lipinski definition) is 2. The van der Waals surface area contributed by atoms with Crippen LogP contribution in [0.1, 0.15) is 24.5 Å². The highest BCUT2D eigenvalue weighted by atomic mass is 19.1. The third kappa shape index (κ3) is 2.09. The van der Waals surface area contributed by atoms with Crippen molar-refractivity contribution in [1.29, 1.82) is 5.26 Å². The summed E-state index contributed by atoms with van der Waals surface area (Å²) in [6.45, 7) is 3.45. The van der Waals surface area contributed by atoms with E-state index in [1.165, 1.54) is 6.07 Å². The fourth-order valence-electron chi connectivity index (χ4n) is 1.27. The van der Waals surface area contributed by atoms with Crippen LogP contribution in [0.25, 0.3) is 0 Å². The maximum Gasteiger partial charge on any atom is 0.126 e.